The van der Waals surface area contributed by atoms with Crippen LogP contribution < -0.4 is 0 Å². The molecule has 0 amide bonds. The summed E-state index contributed by atoms with van der Waals surface area (Å²) in [7, 11) is -9.90. The van der Waals surface area contributed by atoms with Crippen molar-refractivity contribution >= 4 is 39.5 Å². The largest absolute Gasteiger partial charge is 0.472 e. The van der Waals surface area contributed by atoms with Crippen molar-refractivity contribution < 1.29 is 80.2 Å². The van der Waals surface area contributed by atoms with Gasteiger partial charge in [0.2, 0.25) is 0 Å². The fourth-order valence-electron chi connectivity index (χ4n) is 11.8. The molecular weight excluding hydrogens is 1260 g/mol. The Morgan fingerprint density at radius 1 is 0.292 bits per heavy atom. The van der Waals surface area contributed by atoms with Crippen molar-refractivity contribution in [3.8, 4) is 0 Å². The number of rotatable bonds is 77. The summed E-state index contributed by atoms with van der Waals surface area (Å²) in [5.41, 5.74) is 0. The van der Waals surface area contributed by atoms with Crippen LogP contribution in [0, 0.1) is 5.92 Å². The summed E-state index contributed by atoms with van der Waals surface area (Å²) >= 11 is 0. The second-order valence-corrected chi connectivity index (χ2v) is 30.9. The molecule has 0 aliphatic rings. The number of aliphatic hydroxyl groups is 1. The van der Waals surface area contributed by atoms with Gasteiger partial charge in [0.15, 0.2) is 12.2 Å². The Morgan fingerprint density at radius 2 is 0.500 bits per heavy atom. The summed E-state index contributed by atoms with van der Waals surface area (Å²) in [6.45, 7) is 7.27. The molecule has 0 heterocycles. The lowest BCUT2D eigenvalue weighted by Gasteiger charge is -2.21. The number of ether oxygens (including phenoxy) is 4. The van der Waals surface area contributed by atoms with E-state index in [0.29, 0.717) is 25.7 Å². The van der Waals surface area contributed by atoms with Gasteiger partial charge < -0.3 is 33.8 Å². The first-order valence-corrected chi connectivity index (χ1v) is 43.2. The van der Waals surface area contributed by atoms with Gasteiger partial charge in [-0.1, -0.05) is 356 Å². The number of phosphoric acid groups is 2. The minimum atomic E-state index is -4.96. The first kappa shape index (κ1) is 94.1. The molecule has 6 atom stereocenters. The summed E-state index contributed by atoms with van der Waals surface area (Å²) in [4.78, 5) is 72.6. The molecule has 19 heteroatoms. The predicted octanol–water partition coefficient (Wildman–Crippen LogP) is 22.9. The molecule has 0 radical (unpaired) electrons. The third-order valence-corrected chi connectivity index (χ3v) is 20.3. The van der Waals surface area contributed by atoms with E-state index in [1.807, 2.05) is 0 Å². The molecule has 0 spiro atoms. The molecule has 0 aromatic carbocycles. The Hall–Kier alpha value is -1.94. The molecule has 17 nitrogen and oxygen atoms in total. The third-order valence-electron chi connectivity index (χ3n) is 18.4. The van der Waals surface area contributed by atoms with Crippen LogP contribution in [0.1, 0.15) is 407 Å². The van der Waals surface area contributed by atoms with Gasteiger partial charge >= 0.3 is 39.5 Å². The van der Waals surface area contributed by atoms with Crippen LogP contribution in [-0.4, -0.2) is 96.7 Å². The number of phosphoric ester groups is 2. The molecular formula is C77H150O17P2. The highest BCUT2D eigenvalue weighted by molar-refractivity contribution is 7.47. The average molecular weight is 1410 g/mol. The van der Waals surface area contributed by atoms with Crippen LogP contribution in [0.25, 0.3) is 0 Å². The van der Waals surface area contributed by atoms with E-state index in [9.17, 15) is 43.2 Å². The van der Waals surface area contributed by atoms with Gasteiger partial charge in [-0.2, -0.15) is 0 Å². The SMILES string of the molecule is CCCCCCCCCCCCCCCCCCCCCCC(=O)O[C@H](COC(=O)CCCCCCCCCCCCCCCCC(C)CC)COP(=O)(O)OC[C@@H](O)COP(=O)(O)OC[C@@H](COC(=O)CCCCCCC)OC(=O)CCCCCCCCCCCCCCC. The van der Waals surface area contributed by atoms with Crippen LogP contribution >= 0.6 is 15.6 Å². The molecule has 0 saturated carbocycles. The van der Waals surface area contributed by atoms with Crippen LogP contribution in [0.5, 0.6) is 0 Å². The smallest absolute Gasteiger partial charge is 0.462 e. The molecule has 0 aliphatic carbocycles. The highest BCUT2D eigenvalue weighted by Gasteiger charge is 2.30. The fraction of sp³-hybridized carbons (Fsp3) is 0.948. The van der Waals surface area contributed by atoms with Crippen molar-refractivity contribution in [2.75, 3.05) is 39.6 Å². The van der Waals surface area contributed by atoms with Gasteiger partial charge in [-0.05, 0) is 31.6 Å². The summed E-state index contributed by atoms with van der Waals surface area (Å²) < 4.78 is 68.3. The van der Waals surface area contributed by atoms with Gasteiger partial charge in [-0.15, -0.1) is 0 Å². The van der Waals surface area contributed by atoms with Crippen LogP contribution in [0.15, 0.2) is 0 Å². The van der Waals surface area contributed by atoms with Gasteiger partial charge in [-0.25, -0.2) is 9.13 Å². The van der Waals surface area contributed by atoms with Gasteiger partial charge in [0.05, 0.1) is 26.4 Å². The Morgan fingerprint density at radius 3 is 0.740 bits per heavy atom. The van der Waals surface area contributed by atoms with E-state index in [4.69, 9.17) is 37.0 Å². The highest BCUT2D eigenvalue weighted by Crippen LogP contribution is 2.45. The number of aliphatic hydroxyl groups excluding tert-OH is 1. The zero-order valence-electron chi connectivity index (χ0n) is 62.5. The number of esters is 4. The number of hydrogen-bond acceptors (Lipinski definition) is 15. The molecule has 0 aromatic rings. The van der Waals surface area contributed by atoms with Crippen molar-refractivity contribution in [3.63, 3.8) is 0 Å². The highest BCUT2D eigenvalue weighted by atomic mass is 31.2. The molecule has 570 valence electrons. The number of carbonyl (C=O) groups is 4. The van der Waals surface area contributed by atoms with Crippen LogP contribution in [0.4, 0.5) is 0 Å². The van der Waals surface area contributed by atoms with Crippen LogP contribution in [0.2, 0.25) is 0 Å². The molecule has 0 aromatic heterocycles. The Balaban J connectivity index is 5.13. The lowest BCUT2D eigenvalue weighted by Crippen LogP contribution is -2.30. The van der Waals surface area contributed by atoms with Crippen molar-refractivity contribution in [1.82, 2.24) is 0 Å². The second-order valence-electron chi connectivity index (χ2n) is 28.0. The van der Waals surface area contributed by atoms with Crippen LogP contribution in [0.3, 0.4) is 0 Å². The molecule has 0 aliphatic heterocycles. The number of unbranched alkanes of at least 4 members (excludes halogenated alkanes) is 48. The molecule has 0 saturated heterocycles. The summed E-state index contributed by atoms with van der Waals surface area (Å²) in [6, 6.07) is 0. The first-order valence-electron chi connectivity index (χ1n) is 40.2. The van der Waals surface area contributed by atoms with Gasteiger partial charge in [0, 0.05) is 25.7 Å². The van der Waals surface area contributed by atoms with Crippen molar-refractivity contribution in [2.45, 2.75) is 425 Å². The zero-order chi connectivity index (χ0) is 70.5. The average Bonchev–Trinajstić information content (AvgIpc) is 1.97. The molecule has 96 heavy (non-hydrogen) atoms. The Kier molecular flexibility index (Phi) is 68.7. The maximum absolute atomic E-state index is 13.1. The Bertz CT molecular complexity index is 1840. The Labute approximate surface area is 588 Å². The van der Waals surface area contributed by atoms with Crippen molar-refractivity contribution in [1.29, 1.82) is 0 Å². The number of carbonyl (C=O) groups excluding carboxylic acids is 4. The minimum absolute atomic E-state index is 0.107. The quantitative estimate of drug-likeness (QED) is 0.0222. The van der Waals surface area contributed by atoms with E-state index >= 15 is 0 Å². The summed E-state index contributed by atoms with van der Waals surface area (Å²) in [6.07, 6.45) is 60.0. The molecule has 0 fully saturated rings. The first-order chi connectivity index (χ1) is 46.6. The van der Waals surface area contributed by atoms with E-state index in [2.05, 4.69) is 34.6 Å². The van der Waals surface area contributed by atoms with E-state index in [1.165, 1.54) is 225 Å². The summed E-state index contributed by atoms with van der Waals surface area (Å²) in [5.74, 6) is -1.27. The maximum Gasteiger partial charge on any atom is 0.472 e. The summed E-state index contributed by atoms with van der Waals surface area (Å²) in [5, 5.41) is 10.6. The van der Waals surface area contributed by atoms with Gasteiger partial charge in [0.1, 0.15) is 19.3 Å². The zero-order valence-corrected chi connectivity index (χ0v) is 64.3. The lowest BCUT2D eigenvalue weighted by molar-refractivity contribution is -0.161. The lowest BCUT2D eigenvalue weighted by atomic mass is 9.99. The van der Waals surface area contributed by atoms with E-state index in [0.717, 1.165) is 102 Å². The maximum atomic E-state index is 13.1. The van der Waals surface area contributed by atoms with Gasteiger partial charge in [-0.3, -0.25) is 37.3 Å². The third kappa shape index (κ3) is 69.2. The second kappa shape index (κ2) is 70.1. The van der Waals surface area contributed by atoms with E-state index in [1.54, 1.807) is 0 Å². The van der Waals surface area contributed by atoms with E-state index < -0.39 is 97.5 Å². The molecule has 3 unspecified atom stereocenters. The molecule has 0 rings (SSSR count). The normalized spacial score (nSPS) is 14.2. The van der Waals surface area contributed by atoms with Crippen molar-refractivity contribution in [2.24, 2.45) is 5.92 Å². The van der Waals surface area contributed by atoms with Gasteiger partial charge in [0.25, 0.3) is 0 Å². The minimum Gasteiger partial charge on any atom is -0.462 e. The molecule has 3 N–H and O–H groups in total. The van der Waals surface area contributed by atoms with E-state index in [-0.39, 0.29) is 25.7 Å². The van der Waals surface area contributed by atoms with Crippen LogP contribution in [-0.2, 0) is 65.4 Å². The molecule has 0 bridgehead atoms. The van der Waals surface area contributed by atoms with Crippen molar-refractivity contribution in [3.05, 3.63) is 0 Å². The fourth-order valence-corrected chi connectivity index (χ4v) is 13.4. The predicted molar refractivity (Wildman–Crippen MR) is 391 cm³/mol. The topological polar surface area (TPSA) is 237 Å². The standard InChI is InChI=1S/C77H150O17P2/c1-6-10-13-16-18-20-22-24-25-26-27-28-29-30-36-40-44-48-53-58-63-77(82)94-73(67-88-75(80)61-56-51-46-42-38-35-32-31-34-37-41-45-50-54-59-70(5)9-4)69-92-96(85,86)90-65-71(78)64-89-95(83,84)91-68-72(66-87-74(79)60-55-49-15-12-8-3)93-76(81)62-57-52-47-43-39-33-23-21-19-17-14-11-7-2/h70-73,78H,6-69H2,1-5H3,(H,83,84)(H,85,86)/t70?,71-,72+,73+/m0/s1. The monoisotopic (exact) mass is 1410 g/mol. The number of hydrogen-bond donors (Lipinski definition) is 3.